The lowest BCUT2D eigenvalue weighted by atomic mass is 10.2. The molecule has 1 aromatic carbocycles. The number of aryl methyl sites for hydroxylation is 1. The van der Waals surface area contributed by atoms with Crippen LogP contribution in [0.4, 0.5) is 0 Å². The Kier molecular flexibility index (Phi) is 3.01. The number of nitrogens with two attached hydrogens (primary N) is 1. The minimum absolute atomic E-state index is 0.114. The first-order chi connectivity index (χ1) is 7.66. The van der Waals surface area contributed by atoms with E-state index in [2.05, 4.69) is 29.4 Å². The average Bonchev–Trinajstić information content (AvgIpc) is 2.66. The maximum absolute atomic E-state index is 5.79. The molecule has 1 atom stereocenters. The molecule has 0 saturated heterocycles. The highest BCUT2D eigenvalue weighted by Gasteiger charge is 2.07. The van der Waals surface area contributed by atoms with E-state index in [4.69, 9.17) is 5.73 Å². The summed E-state index contributed by atoms with van der Waals surface area (Å²) in [6.07, 6.45) is 2.55. The zero-order valence-electron chi connectivity index (χ0n) is 9.59. The Morgan fingerprint density at radius 2 is 2.00 bits per heavy atom. The SMILES string of the molecule is Cc1ccc(-n2nncc2CC(C)N)cc1. The van der Waals surface area contributed by atoms with Crippen LogP contribution in [0, 0.1) is 6.92 Å². The molecule has 0 spiro atoms. The standard InChI is InChI=1S/C12H16N4/c1-9-3-5-11(6-4-9)16-12(7-10(2)13)8-14-15-16/h3-6,8,10H,7,13H2,1-2H3. The second-order valence-electron chi connectivity index (χ2n) is 4.15. The molecular formula is C12H16N4. The van der Waals surface area contributed by atoms with E-state index in [1.807, 2.05) is 23.7 Å². The third kappa shape index (κ3) is 2.28. The van der Waals surface area contributed by atoms with E-state index in [-0.39, 0.29) is 6.04 Å². The molecule has 1 aromatic heterocycles. The molecule has 0 bridgehead atoms. The van der Waals surface area contributed by atoms with Crippen LogP contribution in [0.5, 0.6) is 0 Å². The summed E-state index contributed by atoms with van der Waals surface area (Å²) in [6.45, 7) is 4.04. The third-order valence-corrected chi connectivity index (χ3v) is 2.43. The quantitative estimate of drug-likeness (QED) is 0.845. The molecule has 0 amide bonds. The lowest BCUT2D eigenvalue weighted by Crippen LogP contribution is -2.19. The van der Waals surface area contributed by atoms with E-state index in [0.717, 1.165) is 17.8 Å². The third-order valence-electron chi connectivity index (χ3n) is 2.43. The van der Waals surface area contributed by atoms with Gasteiger partial charge in [0, 0.05) is 12.5 Å². The number of benzene rings is 1. The lowest BCUT2D eigenvalue weighted by molar-refractivity contribution is 0.682. The Morgan fingerprint density at radius 1 is 1.31 bits per heavy atom. The first-order valence-corrected chi connectivity index (χ1v) is 5.39. The fraction of sp³-hybridized carbons (Fsp3) is 0.333. The number of hydrogen-bond acceptors (Lipinski definition) is 3. The second-order valence-corrected chi connectivity index (χ2v) is 4.15. The van der Waals surface area contributed by atoms with Crippen LogP contribution >= 0.6 is 0 Å². The Labute approximate surface area is 95.1 Å². The van der Waals surface area contributed by atoms with Crippen molar-refractivity contribution in [3.05, 3.63) is 41.7 Å². The molecule has 0 aliphatic carbocycles. The van der Waals surface area contributed by atoms with E-state index in [1.54, 1.807) is 6.20 Å². The van der Waals surface area contributed by atoms with E-state index in [9.17, 15) is 0 Å². The van der Waals surface area contributed by atoms with Crippen molar-refractivity contribution in [2.75, 3.05) is 0 Å². The van der Waals surface area contributed by atoms with Gasteiger partial charge < -0.3 is 5.73 Å². The van der Waals surface area contributed by atoms with Gasteiger partial charge in [-0.05, 0) is 26.0 Å². The number of rotatable bonds is 3. The molecule has 4 nitrogen and oxygen atoms in total. The Bertz CT molecular complexity index is 456. The summed E-state index contributed by atoms with van der Waals surface area (Å²) in [5.41, 5.74) is 9.09. The zero-order valence-corrected chi connectivity index (χ0v) is 9.59. The van der Waals surface area contributed by atoms with E-state index in [1.165, 1.54) is 5.56 Å². The first-order valence-electron chi connectivity index (χ1n) is 5.39. The lowest BCUT2D eigenvalue weighted by Gasteiger charge is -2.08. The number of aromatic nitrogens is 3. The molecule has 0 fully saturated rings. The van der Waals surface area contributed by atoms with Crippen molar-refractivity contribution >= 4 is 0 Å². The molecule has 2 N–H and O–H groups in total. The summed E-state index contributed by atoms with van der Waals surface area (Å²) in [6, 6.07) is 8.31. The minimum Gasteiger partial charge on any atom is -0.328 e. The molecule has 0 aliphatic rings. The molecule has 16 heavy (non-hydrogen) atoms. The van der Waals surface area contributed by atoms with Crippen LogP contribution in [-0.2, 0) is 6.42 Å². The van der Waals surface area contributed by atoms with Gasteiger partial charge in [0.05, 0.1) is 17.6 Å². The highest BCUT2D eigenvalue weighted by Crippen LogP contribution is 2.11. The van der Waals surface area contributed by atoms with Crippen LogP contribution < -0.4 is 5.73 Å². The van der Waals surface area contributed by atoms with Crippen LogP contribution in [0.1, 0.15) is 18.2 Å². The molecule has 0 radical (unpaired) electrons. The van der Waals surface area contributed by atoms with Crippen LogP contribution in [0.2, 0.25) is 0 Å². The molecule has 4 heteroatoms. The number of nitrogens with zero attached hydrogens (tertiary/aromatic N) is 3. The van der Waals surface area contributed by atoms with Gasteiger partial charge in [-0.2, -0.15) is 0 Å². The van der Waals surface area contributed by atoms with Crippen LogP contribution in [0.15, 0.2) is 30.5 Å². The smallest absolute Gasteiger partial charge is 0.0730 e. The van der Waals surface area contributed by atoms with Crippen LogP contribution in [0.3, 0.4) is 0 Å². The predicted molar refractivity (Wildman–Crippen MR) is 63.4 cm³/mol. The van der Waals surface area contributed by atoms with Gasteiger partial charge in [-0.15, -0.1) is 5.10 Å². The van der Waals surface area contributed by atoms with E-state index >= 15 is 0 Å². The summed E-state index contributed by atoms with van der Waals surface area (Å²) >= 11 is 0. The largest absolute Gasteiger partial charge is 0.328 e. The Balaban J connectivity index is 2.33. The molecule has 2 rings (SSSR count). The zero-order chi connectivity index (χ0) is 11.5. The van der Waals surface area contributed by atoms with Gasteiger partial charge >= 0.3 is 0 Å². The Hall–Kier alpha value is -1.68. The molecule has 2 aromatic rings. The van der Waals surface area contributed by atoms with Crippen LogP contribution in [0.25, 0.3) is 5.69 Å². The topological polar surface area (TPSA) is 56.7 Å². The monoisotopic (exact) mass is 216 g/mol. The molecule has 1 unspecified atom stereocenters. The van der Waals surface area contributed by atoms with Crippen molar-refractivity contribution in [2.45, 2.75) is 26.3 Å². The molecule has 0 aliphatic heterocycles. The molecule has 0 saturated carbocycles. The molecular weight excluding hydrogens is 200 g/mol. The summed E-state index contributed by atoms with van der Waals surface area (Å²) in [5, 5.41) is 8.01. The summed E-state index contributed by atoms with van der Waals surface area (Å²) in [4.78, 5) is 0. The summed E-state index contributed by atoms with van der Waals surface area (Å²) < 4.78 is 1.84. The van der Waals surface area contributed by atoms with Gasteiger partial charge in [0.2, 0.25) is 0 Å². The van der Waals surface area contributed by atoms with Crippen molar-refractivity contribution in [2.24, 2.45) is 5.73 Å². The van der Waals surface area contributed by atoms with Gasteiger partial charge in [0.1, 0.15) is 0 Å². The van der Waals surface area contributed by atoms with Crippen molar-refractivity contribution < 1.29 is 0 Å². The fourth-order valence-corrected chi connectivity index (χ4v) is 1.63. The van der Waals surface area contributed by atoms with Crippen molar-refractivity contribution in [1.29, 1.82) is 0 Å². The normalized spacial score (nSPS) is 12.7. The van der Waals surface area contributed by atoms with Gasteiger partial charge in [-0.3, -0.25) is 0 Å². The highest BCUT2D eigenvalue weighted by atomic mass is 15.4. The maximum atomic E-state index is 5.79. The first kappa shape index (κ1) is 10.8. The fourth-order valence-electron chi connectivity index (χ4n) is 1.63. The minimum atomic E-state index is 0.114. The molecule has 84 valence electrons. The van der Waals surface area contributed by atoms with Gasteiger partial charge in [-0.1, -0.05) is 22.9 Å². The number of hydrogen-bond donors (Lipinski definition) is 1. The second kappa shape index (κ2) is 4.45. The molecule has 1 heterocycles. The average molecular weight is 216 g/mol. The summed E-state index contributed by atoms with van der Waals surface area (Å²) in [7, 11) is 0. The van der Waals surface area contributed by atoms with Crippen molar-refractivity contribution in [1.82, 2.24) is 15.0 Å². The van der Waals surface area contributed by atoms with E-state index in [0.29, 0.717) is 0 Å². The van der Waals surface area contributed by atoms with Crippen molar-refractivity contribution in [3.8, 4) is 5.69 Å². The highest BCUT2D eigenvalue weighted by molar-refractivity contribution is 5.34. The van der Waals surface area contributed by atoms with E-state index < -0.39 is 0 Å². The Morgan fingerprint density at radius 3 is 2.62 bits per heavy atom. The van der Waals surface area contributed by atoms with Gasteiger partial charge in [-0.25, -0.2) is 4.68 Å². The maximum Gasteiger partial charge on any atom is 0.0730 e. The van der Waals surface area contributed by atoms with Gasteiger partial charge in [0.25, 0.3) is 0 Å². The van der Waals surface area contributed by atoms with Gasteiger partial charge in [0.15, 0.2) is 0 Å². The summed E-state index contributed by atoms with van der Waals surface area (Å²) in [5.74, 6) is 0. The van der Waals surface area contributed by atoms with Crippen molar-refractivity contribution in [3.63, 3.8) is 0 Å². The predicted octanol–water partition coefficient (Wildman–Crippen LogP) is 1.47. The van der Waals surface area contributed by atoms with Crippen LogP contribution in [-0.4, -0.2) is 21.0 Å².